The Morgan fingerprint density at radius 1 is 1.00 bits per heavy atom. The van der Waals surface area contributed by atoms with Crippen LogP contribution in [0.5, 0.6) is 5.75 Å². The highest BCUT2D eigenvalue weighted by molar-refractivity contribution is 6.35. The minimum atomic E-state index is -0.393. The summed E-state index contributed by atoms with van der Waals surface area (Å²) in [4.78, 5) is 25.8. The molecule has 2 saturated heterocycles. The molecular formula is C20H24Cl2N6O4. The van der Waals surface area contributed by atoms with E-state index in [1.807, 2.05) is 0 Å². The van der Waals surface area contributed by atoms with Crippen molar-refractivity contribution in [3.05, 3.63) is 34.3 Å². The summed E-state index contributed by atoms with van der Waals surface area (Å²) >= 11 is 11.9. The SMILES string of the molecule is O=C(COc1ccc(Cl)cc1Cl)NNc1cc(N2CCOCC2)nc(N2CCOCC2)n1. The number of hydrogen-bond donors (Lipinski definition) is 2. The van der Waals surface area contributed by atoms with E-state index in [0.29, 0.717) is 67.1 Å². The lowest BCUT2D eigenvalue weighted by atomic mass is 10.3. The van der Waals surface area contributed by atoms with Crippen molar-refractivity contribution in [2.45, 2.75) is 0 Å². The fraction of sp³-hybridized carbons (Fsp3) is 0.450. The summed E-state index contributed by atoms with van der Waals surface area (Å²) in [5, 5.41) is 0.823. The predicted octanol–water partition coefficient (Wildman–Crippen LogP) is 1.98. The number of anilines is 3. The average molecular weight is 483 g/mol. The molecule has 4 rings (SSSR count). The zero-order valence-corrected chi connectivity index (χ0v) is 18.9. The van der Waals surface area contributed by atoms with Gasteiger partial charge in [0.15, 0.2) is 12.4 Å². The molecule has 1 amide bonds. The Morgan fingerprint density at radius 3 is 2.38 bits per heavy atom. The first kappa shape index (κ1) is 22.7. The molecule has 10 nitrogen and oxygen atoms in total. The van der Waals surface area contributed by atoms with Crippen LogP contribution in [0.15, 0.2) is 24.3 Å². The Morgan fingerprint density at radius 2 is 1.69 bits per heavy atom. The first-order chi connectivity index (χ1) is 15.6. The highest BCUT2D eigenvalue weighted by atomic mass is 35.5. The molecule has 2 aromatic rings. The number of carbonyl (C=O) groups is 1. The summed E-state index contributed by atoms with van der Waals surface area (Å²) in [6.45, 7) is 5.17. The first-order valence-corrected chi connectivity index (χ1v) is 11.0. The molecule has 2 aliphatic rings. The van der Waals surface area contributed by atoms with Gasteiger partial charge in [-0.05, 0) is 18.2 Å². The number of hydrazine groups is 1. The maximum atomic E-state index is 12.3. The topological polar surface area (TPSA) is 101 Å². The van der Waals surface area contributed by atoms with Gasteiger partial charge in [-0.3, -0.25) is 15.6 Å². The number of benzene rings is 1. The van der Waals surface area contributed by atoms with Crippen LogP contribution >= 0.6 is 23.2 Å². The highest BCUT2D eigenvalue weighted by Crippen LogP contribution is 2.27. The largest absolute Gasteiger partial charge is 0.482 e. The Labute approximate surface area is 195 Å². The van der Waals surface area contributed by atoms with Gasteiger partial charge in [0.25, 0.3) is 5.91 Å². The quantitative estimate of drug-likeness (QED) is 0.573. The standard InChI is InChI=1S/C20H24Cl2N6O4/c21-14-1-2-16(15(22)11-14)32-13-19(29)26-25-17-12-18(27-3-7-30-8-4-27)24-20(23-17)28-5-9-31-10-6-28/h1-2,11-12H,3-10,13H2,(H,26,29)(H,23,24,25). The summed E-state index contributed by atoms with van der Waals surface area (Å²) in [7, 11) is 0. The van der Waals surface area contributed by atoms with Gasteiger partial charge in [-0.25, -0.2) is 0 Å². The zero-order chi connectivity index (χ0) is 22.3. The summed E-state index contributed by atoms with van der Waals surface area (Å²) in [6.07, 6.45) is 0. The zero-order valence-electron chi connectivity index (χ0n) is 17.4. The summed E-state index contributed by atoms with van der Waals surface area (Å²) in [5.41, 5.74) is 5.46. The molecule has 12 heteroatoms. The Hall–Kier alpha value is -2.53. The lowest BCUT2D eigenvalue weighted by Crippen LogP contribution is -2.40. The molecule has 0 bridgehead atoms. The van der Waals surface area contributed by atoms with E-state index >= 15 is 0 Å². The smallest absolute Gasteiger partial charge is 0.276 e. The van der Waals surface area contributed by atoms with Crippen LogP contribution in [0.2, 0.25) is 10.0 Å². The highest BCUT2D eigenvalue weighted by Gasteiger charge is 2.19. The van der Waals surface area contributed by atoms with Crippen molar-refractivity contribution in [2.24, 2.45) is 0 Å². The second-order valence-corrected chi connectivity index (χ2v) is 7.99. The predicted molar refractivity (Wildman–Crippen MR) is 122 cm³/mol. The molecule has 0 aliphatic carbocycles. The number of halogens is 2. The van der Waals surface area contributed by atoms with E-state index in [-0.39, 0.29) is 6.61 Å². The molecule has 0 spiro atoms. The van der Waals surface area contributed by atoms with E-state index < -0.39 is 5.91 Å². The second kappa shape index (κ2) is 10.9. The maximum Gasteiger partial charge on any atom is 0.276 e. The van der Waals surface area contributed by atoms with E-state index in [9.17, 15) is 4.79 Å². The van der Waals surface area contributed by atoms with Gasteiger partial charge in [-0.1, -0.05) is 23.2 Å². The van der Waals surface area contributed by atoms with Crippen LogP contribution in [0, 0.1) is 0 Å². The second-order valence-electron chi connectivity index (χ2n) is 7.15. The monoisotopic (exact) mass is 482 g/mol. The molecule has 32 heavy (non-hydrogen) atoms. The van der Waals surface area contributed by atoms with Crippen molar-refractivity contribution >= 4 is 46.7 Å². The fourth-order valence-electron chi connectivity index (χ4n) is 3.25. The molecule has 0 atom stereocenters. The van der Waals surface area contributed by atoms with E-state index in [2.05, 4.69) is 25.6 Å². The number of hydrogen-bond acceptors (Lipinski definition) is 9. The van der Waals surface area contributed by atoms with Crippen LogP contribution in [-0.2, 0) is 14.3 Å². The van der Waals surface area contributed by atoms with Gasteiger partial charge in [0, 0.05) is 37.3 Å². The van der Waals surface area contributed by atoms with E-state index in [0.717, 1.165) is 18.9 Å². The van der Waals surface area contributed by atoms with E-state index in [4.69, 9.17) is 42.4 Å². The Balaban J connectivity index is 1.41. The maximum absolute atomic E-state index is 12.3. The Bertz CT molecular complexity index is 902. The van der Waals surface area contributed by atoms with Crippen LogP contribution < -0.4 is 25.4 Å². The lowest BCUT2D eigenvalue weighted by molar-refractivity contribution is -0.122. The number of rotatable bonds is 7. The molecule has 2 aliphatic heterocycles. The molecule has 172 valence electrons. The van der Waals surface area contributed by atoms with E-state index in [1.54, 1.807) is 24.3 Å². The van der Waals surface area contributed by atoms with Crippen LogP contribution in [0.1, 0.15) is 0 Å². The van der Waals surface area contributed by atoms with Crippen molar-refractivity contribution in [3.63, 3.8) is 0 Å². The van der Waals surface area contributed by atoms with Gasteiger partial charge in [0.05, 0.1) is 31.5 Å². The molecule has 2 N–H and O–H groups in total. The molecule has 0 radical (unpaired) electrons. The summed E-state index contributed by atoms with van der Waals surface area (Å²) in [6, 6.07) is 6.60. The van der Waals surface area contributed by atoms with Crippen molar-refractivity contribution in [3.8, 4) is 5.75 Å². The third-order valence-corrected chi connectivity index (χ3v) is 5.44. The summed E-state index contributed by atoms with van der Waals surface area (Å²) < 4.78 is 16.3. The van der Waals surface area contributed by atoms with Crippen molar-refractivity contribution in [1.82, 2.24) is 15.4 Å². The molecule has 0 saturated carbocycles. The fourth-order valence-corrected chi connectivity index (χ4v) is 3.71. The van der Waals surface area contributed by atoms with Gasteiger partial charge in [-0.2, -0.15) is 9.97 Å². The van der Waals surface area contributed by atoms with Crippen LogP contribution in [0.25, 0.3) is 0 Å². The minimum absolute atomic E-state index is 0.230. The van der Waals surface area contributed by atoms with Gasteiger partial charge in [-0.15, -0.1) is 0 Å². The number of nitrogens with one attached hydrogen (secondary N) is 2. The normalized spacial score (nSPS) is 16.6. The van der Waals surface area contributed by atoms with Crippen molar-refractivity contribution < 1.29 is 19.0 Å². The number of carbonyl (C=O) groups excluding carboxylic acids is 1. The number of ether oxygens (including phenoxy) is 3. The third-order valence-electron chi connectivity index (χ3n) is 4.91. The molecule has 3 heterocycles. The Kier molecular flexibility index (Phi) is 7.69. The molecular weight excluding hydrogens is 459 g/mol. The van der Waals surface area contributed by atoms with Crippen molar-refractivity contribution in [2.75, 3.05) is 74.4 Å². The van der Waals surface area contributed by atoms with Gasteiger partial charge < -0.3 is 24.0 Å². The molecule has 1 aromatic heterocycles. The number of morpholine rings is 2. The van der Waals surface area contributed by atoms with E-state index in [1.165, 1.54) is 0 Å². The van der Waals surface area contributed by atoms with Crippen molar-refractivity contribution in [1.29, 1.82) is 0 Å². The number of amides is 1. The minimum Gasteiger partial charge on any atom is -0.482 e. The molecule has 2 fully saturated rings. The number of aromatic nitrogens is 2. The van der Waals surface area contributed by atoms with Gasteiger partial charge >= 0.3 is 0 Å². The van der Waals surface area contributed by atoms with Gasteiger partial charge in [0.2, 0.25) is 5.95 Å². The molecule has 1 aromatic carbocycles. The lowest BCUT2D eigenvalue weighted by Gasteiger charge is -2.31. The third kappa shape index (κ3) is 6.04. The average Bonchev–Trinajstić information content (AvgIpc) is 2.83. The first-order valence-electron chi connectivity index (χ1n) is 10.3. The van der Waals surface area contributed by atoms with Crippen LogP contribution in [-0.4, -0.2) is 75.1 Å². The summed E-state index contributed by atoms with van der Waals surface area (Å²) in [5.74, 6) is 1.80. The van der Waals surface area contributed by atoms with Crippen LogP contribution in [0.3, 0.4) is 0 Å². The molecule has 0 unspecified atom stereocenters. The van der Waals surface area contributed by atoms with Gasteiger partial charge in [0.1, 0.15) is 11.6 Å². The van der Waals surface area contributed by atoms with Crippen LogP contribution in [0.4, 0.5) is 17.6 Å². The number of nitrogens with zero attached hydrogens (tertiary/aromatic N) is 4.